The Kier molecular flexibility index (Phi) is 5.11. The van der Waals surface area contributed by atoms with Crippen LogP contribution in [0.25, 0.3) is 16.9 Å². The summed E-state index contributed by atoms with van der Waals surface area (Å²) < 4.78 is 81.0. The first-order valence-corrected chi connectivity index (χ1v) is 8.84. The molecule has 0 unspecified atom stereocenters. The van der Waals surface area contributed by atoms with E-state index >= 15 is 0 Å². The molecule has 0 bridgehead atoms. The van der Waals surface area contributed by atoms with Gasteiger partial charge in [-0.15, -0.1) is 18.3 Å². The van der Waals surface area contributed by atoms with Gasteiger partial charge in [-0.1, -0.05) is 17.3 Å². The van der Waals surface area contributed by atoms with Gasteiger partial charge < -0.3 is 4.74 Å². The van der Waals surface area contributed by atoms with Gasteiger partial charge in [-0.3, -0.25) is 9.36 Å². The van der Waals surface area contributed by atoms with Crippen molar-refractivity contribution in [2.45, 2.75) is 19.1 Å². The van der Waals surface area contributed by atoms with E-state index in [1.54, 1.807) is 0 Å². The van der Waals surface area contributed by atoms with Crippen LogP contribution >= 0.6 is 0 Å². The third-order valence-electron chi connectivity index (χ3n) is 4.38. The highest BCUT2D eigenvalue weighted by Gasteiger charge is 2.31. The summed E-state index contributed by atoms with van der Waals surface area (Å²) >= 11 is 0. The lowest BCUT2D eigenvalue weighted by atomic mass is 10.1. The zero-order valence-corrected chi connectivity index (χ0v) is 15.7. The molecule has 0 saturated carbocycles. The maximum absolute atomic E-state index is 12.7. The van der Waals surface area contributed by atoms with E-state index in [2.05, 4.69) is 20.0 Å². The minimum Gasteiger partial charge on any atom is -0.406 e. The van der Waals surface area contributed by atoms with E-state index < -0.39 is 29.4 Å². The fraction of sp³-hybridized carbons (Fsp3) is 0.158. The van der Waals surface area contributed by atoms with Crippen LogP contribution in [0, 0.1) is 0 Å². The number of fused-ring (bicyclic) bond motifs is 1. The smallest absolute Gasteiger partial charge is 0.406 e. The van der Waals surface area contributed by atoms with Crippen molar-refractivity contribution in [1.82, 2.24) is 24.5 Å². The third kappa shape index (κ3) is 4.40. The Bertz CT molecular complexity index is 1310. The standard InChI is InChI=1S/C19H11F6N5O2/c20-18(21,22)12-3-1-11(2-4-12)9-29-10-26-16-15(17(29)31)27-28-30(16)13-5-7-14(8-6-13)32-19(23,24)25/h1-8,10H,9H2. The molecule has 4 aromatic rings. The number of hydrogen-bond donors (Lipinski definition) is 0. The maximum atomic E-state index is 12.7. The van der Waals surface area contributed by atoms with Gasteiger partial charge in [0, 0.05) is 0 Å². The largest absolute Gasteiger partial charge is 0.573 e. The predicted octanol–water partition coefficient (Wildman–Crippen LogP) is 3.94. The van der Waals surface area contributed by atoms with Crippen molar-refractivity contribution in [2.75, 3.05) is 0 Å². The van der Waals surface area contributed by atoms with Crippen LogP contribution in [0.4, 0.5) is 26.3 Å². The lowest BCUT2D eigenvalue weighted by Gasteiger charge is -2.09. The Morgan fingerprint density at radius 1 is 0.906 bits per heavy atom. The highest BCUT2D eigenvalue weighted by molar-refractivity contribution is 5.70. The van der Waals surface area contributed by atoms with Gasteiger partial charge in [0.25, 0.3) is 5.56 Å². The highest BCUT2D eigenvalue weighted by Crippen LogP contribution is 2.29. The molecule has 2 heterocycles. The molecule has 0 radical (unpaired) electrons. The number of benzene rings is 2. The number of alkyl halides is 6. The number of ether oxygens (including phenoxy) is 1. The Balaban J connectivity index is 1.61. The van der Waals surface area contributed by atoms with Gasteiger partial charge in [0.05, 0.1) is 17.8 Å². The second-order valence-corrected chi connectivity index (χ2v) is 6.59. The van der Waals surface area contributed by atoms with E-state index in [-0.39, 0.29) is 23.4 Å². The van der Waals surface area contributed by atoms with E-state index in [0.717, 1.165) is 33.5 Å². The van der Waals surface area contributed by atoms with Gasteiger partial charge in [0.2, 0.25) is 0 Å². The van der Waals surface area contributed by atoms with Crippen LogP contribution in [0.3, 0.4) is 0 Å². The van der Waals surface area contributed by atoms with Crippen molar-refractivity contribution < 1.29 is 31.1 Å². The molecule has 2 aromatic carbocycles. The van der Waals surface area contributed by atoms with Gasteiger partial charge in [-0.2, -0.15) is 17.9 Å². The van der Waals surface area contributed by atoms with Crippen molar-refractivity contribution in [3.8, 4) is 11.4 Å². The number of aromatic nitrogens is 5. The molecular weight excluding hydrogens is 444 g/mol. The maximum Gasteiger partial charge on any atom is 0.573 e. The molecule has 7 nitrogen and oxygen atoms in total. The van der Waals surface area contributed by atoms with Crippen molar-refractivity contribution in [1.29, 1.82) is 0 Å². The summed E-state index contributed by atoms with van der Waals surface area (Å²) in [5, 5.41) is 7.60. The monoisotopic (exact) mass is 455 g/mol. The van der Waals surface area contributed by atoms with Crippen LogP contribution in [-0.4, -0.2) is 30.9 Å². The number of nitrogens with zero attached hydrogens (tertiary/aromatic N) is 5. The van der Waals surface area contributed by atoms with Crippen LogP contribution in [0.5, 0.6) is 5.75 Å². The molecule has 0 aliphatic rings. The highest BCUT2D eigenvalue weighted by atomic mass is 19.4. The number of halogens is 6. The van der Waals surface area contributed by atoms with Crippen LogP contribution in [0.1, 0.15) is 11.1 Å². The molecule has 2 aromatic heterocycles. The van der Waals surface area contributed by atoms with Crippen molar-refractivity contribution >= 4 is 11.2 Å². The molecule has 32 heavy (non-hydrogen) atoms. The van der Waals surface area contributed by atoms with Gasteiger partial charge in [0.1, 0.15) is 12.1 Å². The lowest BCUT2D eigenvalue weighted by molar-refractivity contribution is -0.274. The Labute approximate surface area is 174 Å². The Morgan fingerprint density at radius 3 is 2.16 bits per heavy atom. The minimum atomic E-state index is -4.83. The third-order valence-corrected chi connectivity index (χ3v) is 4.38. The fourth-order valence-electron chi connectivity index (χ4n) is 2.92. The molecule has 0 saturated heterocycles. The zero-order valence-electron chi connectivity index (χ0n) is 15.7. The minimum absolute atomic E-state index is 0.0454. The molecule has 13 heteroatoms. The van der Waals surface area contributed by atoms with E-state index in [1.165, 1.54) is 30.6 Å². The predicted molar refractivity (Wildman–Crippen MR) is 98.1 cm³/mol. The van der Waals surface area contributed by atoms with Gasteiger partial charge in [-0.25, -0.2) is 4.98 Å². The second kappa shape index (κ2) is 7.66. The molecular formula is C19H11F6N5O2. The molecule has 0 aliphatic heterocycles. The lowest BCUT2D eigenvalue weighted by Crippen LogP contribution is -2.21. The van der Waals surface area contributed by atoms with E-state index in [0.29, 0.717) is 5.56 Å². The summed E-state index contributed by atoms with van der Waals surface area (Å²) in [7, 11) is 0. The summed E-state index contributed by atoms with van der Waals surface area (Å²) in [6.45, 7) is -0.0454. The average molecular weight is 455 g/mol. The second-order valence-electron chi connectivity index (χ2n) is 6.59. The molecule has 0 spiro atoms. The normalized spacial score (nSPS) is 12.3. The summed E-state index contributed by atoms with van der Waals surface area (Å²) in [4.78, 5) is 16.8. The zero-order chi connectivity index (χ0) is 23.1. The summed E-state index contributed by atoms with van der Waals surface area (Å²) in [6.07, 6.45) is -8.12. The first-order valence-electron chi connectivity index (χ1n) is 8.84. The first kappa shape index (κ1) is 21.3. The van der Waals surface area contributed by atoms with Crippen molar-refractivity contribution in [3.63, 3.8) is 0 Å². The molecule has 0 aliphatic carbocycles. The SMILES string of the molecule is O=c1c2nnn(-c3ccc(OC(F)(F)F)cc3)c2ncn1Cc1ccc(C(F)(F)F)cc1. The van der Waals surface area contributed by atoms with E-state index in [1.807, 2.05) is 0 Å². The van der Waals surface area contributed by atoms with E-state index in [4.69, 9.17) is 0 Å². The Morgan fingerprint density at radius 2 is 1.56 bits per heavy atom. The van der Waals surface area contributed by atoms with Crippen molar-refractivity contribution in [3.05, 3.63) is 76.3 Å². The van der Waals surface area contributed by atoms with Gasteiger partial charge >= 0.3 is 12.5 Å². The van der Waals surface area contributed by atoms with E-state index in [9.17, 15) is 31.1 Å². The summed E-state index contributed by atoms with van der Waals surface area (Å²) in [6, 6.07) is 9.03. The van der Waals surface area contributed by atoms with Crippen LogP contribution in [-0.2, 0) is 12.7 Å². The molecule has 166 valence electrons. The molecule has 0 fully saturated rings. The number of hydrogen-bond acceptors (Lipinski definition) is 5. The molecule has 0 amide bonds. The van der Waals surface area contributed by atoms with Crippen molar-refractivity contribution in [2.24, 2.45) is 0 Å². The summed E-state index contributed by atoms with van der Waals surface area (Å²) in [5.41, 5.74) is -0.726. The fourth-order valence-corrected chi connectivity index (χ4v) is 2.92. The molecule has 4 rings (SSSR count). The van der Waals surface area contributed by atoms with Crippen LogP contribution in [0.2, 0.25) is 0 Å². The first-order chi connectivity index (χ1) is 15.0. The Hall–Kier alpha value is -3.90. The number of rotatable bonds is 4. The topological polar surface area (TPSA) is 74.8 Å². The van der Waals surface area contributed by atoms with Gasteiger partial charge in [-0.05, 0) is 42.0 Å². The molecule has 0 atom stereocenters. The van der Waals surface area contributed by atoms with Gasteiger partial charge in [0.15, 0.2) is 11.2 Å². The van der Waals surface area contributed by atoms with Crippen LogP contribution in [0.15, 0.2) is 59.7 Å². The summed E-state index contributed by atoms with van der Waals surface area (Å²) in [5.74, 6) is -0.433. The average Bonchev–Trinajstić information content (AvgIpc) is 3.14. The molecule has 0 N–H and O–H groups in total. The van der Waals surface area contributed by atoms with Crippen LogP contribution < -0.4 is 10.3 Å². The quantitative estimate of drug-likeness (QED) is 0.436.